The predicted molar refractivity (Wildman–Crippen MR) is 84.2 cm³/mol. The first-order chi connectivity index (χ1) is 10.2. The van der Waals surface area contributed by atoms with E-state index in [9.17, 15) is 0 Å². The van der Waals surface area contributed by atoms with Gasteiger partial charge in [0.2, 0.25) is 0 Å². The molecule has 3 rings (SSSR count). The Bertz CT molecular complexity index is 610. The molecule has 2 aromatic rings. The molecule has 1 aromatic heterocycles. The monoisotopic (exact) mass is 288 g/mol. The van der Waals surface area contributed by atoms with Crippen LogP contribution in [0, 0.1) is 0 Å². The number of benzene rings is 1. The highest BCUT2D eigenvalue weighted by Gasteiger charge is 2.34. The van der Waals surface area contributed by atoms with Gasteiger partial charge in [-0.25, -0.2) is 0 Å². The lowest BCUT2D eigenvalue weighted by Crippen LogP contribution is -2.49. The minimum absolute atomic E-state index is 0.0782. The number of piperidine rings is 1. The van der Waals surface area contributed by atoms with Gasteiger partial charge in [0, 0.05) is 31.1 Å². The number of likely N-dealkylation sites (tertiary alicyclic amines) is 1. The fourth-order valence-electron chi connectivity index (χ4n) is 3.41. The molecule has 114 valence electrons. The quantitative estimate of drug-likeness (QED) is 0.940. The third-order valence-corrected chi connectivity index (χ3v) is 4.72. The number of nitrogens with two attached hydrogens (primary N) is 1. The van der Waals surface area contributed by atoms with Crippen molar-refractivity contribution in [3.63, 3.8) is 0 Å². The third-order valence-electron chi connectivity index (χ3n) is 4.72. The van der Waals surface area contributed by atoms with Crippen molar-refractivity contribution in [3.05, 3.63) is 36.1 Å². The lowest BCUT2D eigenvalue weighted by atomic mass is 9.92. The lowest BCUT2D eigenvalue weighted by molar-refractivity contribution is -0.0607. The highest BCUT2D eigenvalue weighted by molar-refractivity contribution is 5.81. The Morgan fingerprint density at radius 3 is 3.00 bits per heavy atom. The van der Waals surface area contributed by atoms with Crippen LogP contribution in [0.25, 0.3) is 11.0 Å². The first-order valence-electron chi connectivity index (χ1n) is 7.62. The Balaban J connectivity index is 1.91. The molecule has 0 spiro atoms. The van der Waals surface area contributed by atoms with E-state index in [-0.39, 0.29) is 11.6 Å². The van der Waals surface area contributed by atoms with Crippen LogP contribution in [-0.2, 0) is 4.74 Å². The molecule has 2 N–H and O–H groups in total. The summed E-state index contributed by atoms with van der Waals surface area (Å²) in [5.41, 5.74) is 8.13. The number of hydrogen-bond donors (Lipinski definition) is 1. The van der Waals surface area contributed by atoms with Gasteiger partial charge < -0.3 is 14.9 Å². The summed E-state index contributed by atoms with van der Waals surface area (Å²) in [5, 5.41) is 1.16. The Kier molecular flexibility index (Phi) is 4.02. The van der Waals surface area contributed by atoms with E-state index in [2.05, 4.69) is 17.9 Å². The number of hydrogen-bond acceptors (Lipinski definition) is 4. The molecule has 4 heteroatoms. The standard InChI is InChI=1S/C17H24N2O2/c1-17(20-2)8-5-9-19(12-17)15(10-18)14-11-21-16-7-4-3-6-13(14)16/h3-4,6-7,11,15H,5,8-10,12,18H2,1-2H3. The molecule has 0 amide bonds. The van der Waals surface area contributed by atoms with Gasteiger partial charge in [-0.1, -0.05) is 18.2 Å². The summed E-state index contributed by atoms with van der Waals surface area (Å²) < 4.78 is 11.4. The van der Waals surface area contributed by atoms with Gasteiger partial charge in [0.05, 0.1) is 17.9 Å². The van der Waals surface area contributed by atoms with E-state index in [1.807, 2.05) is 24.5 Å². The maximum atomic E-state index is 6.09. The molecule has 1 aliphatic heterocycles. The number of para-hydroxylation sites is 1. The average Bonchev–Trinajstić information content (AvgIpc) is 2.93. The van der Waals surface area contributed by atoms with Gasteiger partial charge in [0.15, 0.2) is 0 Å². The molecule has 2 heterocycles. The van der Waals surface area contributed by atoms with Crippen LogP contribution < -0.4 is 5.73 Å². The van der Waals surface area contributed by atoms with Crippen LogP contribution in [0.2, 0.25) is 0 Å². The van der Waals surface area contributed by atoms with Crippen molar-refractivity contribution >= 4 is 11.0 Å². The molecule has 0 saturated carbocycles. The normalized spacial score (nSPS) is 25.3. The minimum Gasteiger partial charge on any atom is -0.464 e. The molecule has 1 saturated heterocycles. The van der Waals surface area contributed by atoms with E-state index in [4.69, 9.17) is 14.9 Å². The molecule has 21 heavy (non-hydrogen) atoms. The largest absolute Gasteiger partial charge is 0.464 e. The number of methoxy groups -OCH3 is 1. The maximum absolute atomic E-state index is 6.09. The van der Waals surface area contributed by atoms with Crippen molar-refractivity contribution in [2.45, 2.75) is 31.4 Å². The summed E-state index contributed by atoms with van der Waals surface area (Å²) in [6.45, 7) is 4.73. The second kappa shape index (κ2) is 5.79. The average molecular weight is 288 g/mol. The number of ether oxygens (including phenoxy) is 1. The van der Waals surface area contributed by atoms with Crippen molar-refractivity contribution in [3.8, 4) is 0 Å². The number of furan rings is 1. The summed E-state index contributed by atoms with van der Waals surface area (Å²) in [5.74, 6) is 0. The van der Waals surface area contributed by atoms with Crippen LogP contribution in [0.1, 0.15) is 31.4 Å². The molecule has 0 bridgehead atoms. The molecular weight excluding hydrogens is 264 g/mol. The van der Waals surface area contributed by atoms with Gasteiger partial charge >= 0.3 is 0 Å². The van der Waals surface area contributed by atoms with E-state index in [1.54, 1.807) is 7.11 Å². The minimum atomic E-state index is -0.0782. The Morgan fingerprint density at radius 1 is 1.43 bits per heavy atom. The Morgan fingerprint density at radius 2 is 2.24 bits per heavy atom. The second-order valence-corrected chi connectivity index (χ2v) is 6.17. The molecule has 1 aliphatic rings. The highest BCUT2D eigenvalue weighted by Crippen LogP contribution is 2.34. The van der Waals surface area contributed by atoms with Crippen molar-refractivity contribution in [1.29, 1.82) is 0 Å². The summed E-state index contributed by atoms with van der Waals surface area (Å²) in [6.07, 6.45) is 4.10. The van der Waals surface area contributed by atoms with Gasteiger partial charge in [-0.15, -0.1) is 0 Å². The zero-order valence-electron chi connectivity index (χ0n) is 12.8. The SMILES string of the molecule is COC1(C)CCCN(C(CN)c2coc3ccccc23)C1. The first-order valence-corrected chi connectivity index (χ1v) is 7.62. The van der Waals surface area contributed by atoms with Crippen molar-refractivity contribution in [1.82, 2.24) is 4.90 Å². The molecule has 0 radical (unpaired) electrons. The van der Waals surface area contributed by atoms with Gasteiger partial charge in [-0.3, -0.25) is 4.90 Å². The van der Waals surface area contributed by atoms with Crippen molar-refractivity contribution in [2.24, 2.45) is 5.73 Å². The molecule has 1 aromatic carbocycles. The summed E-state index contributed by atoms with van der Waals surface area (Å²) in [7, 11) is 1.80. The Hall–Kier alpha value is -1.36. The van der Waals surface area contributed by atoms with E-state index in [0.717, 1.165) is 36.9 Å². The first kappa shape index (κ1) is 14.6. The second-order valence-electron chi connectivity index (χ2n) is 6.17. The van der Waals surface area contributed by atoms with E-state index in [0.29, 0.717) is 6.54 Å². The van der Waals surface area contributed by atoms with Gasteiger partial charge in [-0.05, 0) is 32.4 Å². The maximum Gasteiger partial charge on any atom is 0.134 e. The Labute approximate surface area is 125 Å². The molecule has 1 fully saturated rings. The molecular formula is C17H24N2O2. The van der Waals surface area contributed by atoms with Crippen LogP contribution in [0.3, 0.4) is 0 Å². The molecule has 4 nitrogen and oxygen atoms in total. The van der Waals surface area contributed by atoms with Crippen LogP contribution in [-0.4, -0.2) is 37.2 Å². The third kappa shape index (κ3) is 2.71. The van der Waals surface area contributed by atoms with E-state index >= 15 is 0 Å². The smallest absolute Gasteiger partial charge is 0.134 e. The summed E-state index contributed by atoms with van der Waals surface area (Å²) in [6, 6.07) is 8.34. The zero-order valence-corrected chi connectivity index (χ0v) is 12.8. The van der Waals surface area contributed by atoms with Gasteiger partial charge in [0.1, 0.15) is 5.58 Å². The lowest BCUT2D eigenvalue weighted by Gasteiger charge is -2.42. The zero-order chi connectivity index (χ0) is 14.9. The van der Waals surface area contributed by atoms with Crippen LogP contribution in [0.4, 0.5) is 0 Å². The molecule has 0 aliphatic carbocycles. The number of fused-ring (bicyclic) bond motifs is 1. The van der Waals surface area contributed by atoms with Crippen molar-refractivity contribution < 1.29 is 9.15 Å². The summed E-state index contributed by atoms with van der Waals surface area (Å²) >= 11 is 0. The van der Waals surface area contributed by atoms with Gasteiger partial charge in [-0.2, -0.15) is 0 Å². The summed E-state index contributed by atoms with van der Waals surface area (Å²) in [4.78, 5) is 2.43. The fourth-order valence-corrected chi connectivity index (χ4v) is 3.41. The molecule has 2 unspecified atom stereocenters. The van der Waals surface area contributed by atoms with Crippen LogP contribution in [0.5, 0.6) is 0 Å². The number of rotatable bonds is 4. The number of nitrogens with zero attached hydrogens (tertiary/aromatic N) is 1. The fraction of sp³-hybridized carbons (Fsp3) is 0.529. The van der Waals surface area contributed by atoms with Crippen LogP contribution in [0.15, 0.2) is 34.9 Å². The van der Waals surface area contributed by atoms with Gasteiger partial charge in [0.25, 0.3) is 0 Å². The predicted octanol–water partition coefficient (Wildman–Crippen LogP) is 2.93. The van der Waals surface area contributed by atoms with E-state index in [1.165, 1.54) is 5.56 Å². The van der Waals surface area contributed by atoms with Crippen molar-refractivity contribution in [2.75, 3.05) is 26.7 Å². The van der Waals surface area contributed by atoms with Crippen LogP contribution >= 0.6 is 0 Å². The topological polar surface area (TPSA) is 51.6 Å². The van der Waals surface area contributed by atoms with E-state index < -0.39 is 0 Å². The highest BCUT2D eigenvalue weighted by atomic mass is 16.5. The molecule has 2 atom stereocenters.